The van der Waals surface area contributed by atoms with Crippen LogP contribution in [0, 0.1) is 20.8 Å². The summed E-state index contributed by atoms with van der Waals surface area (Å²) in [5.74, 6) is 0.807. The normalized spacial score (nSPS) is 11.2. The zero-order valence-corrected chi connectivity index (χ0v) is 19.5. The van der Waals surface area contributed by atoms with Gasteiger partial charge in [0.25, 0.3) is 0 Å². The monoisotopic (exact) mass is 436 g/mol. The van der Waals surface area contributed by atoms with Crippen molar-refractivity contribution in [2.24, 2.45) is 0 Å². The van der Waals surface area contributed by atoms with Crippen molar-refractivity contribution in [2.75, 3.05) is 14.2 Å². The van der Waals surface area contributed by atoms with Crippen LogP contribution in [0.4, 0.5) is 0 Å². The van der Waals surface area contributed by atoms with Crippen LogP contribution in [0.3, 0.4) is 0 Å². The van der Waals surface area contributed by atoms with Crippen molar-refractivity contribution >= 4 is 0 Å². The van der Waals surface area contributed by atoms with E-state index in [0.717, 1.165) is 50.1 Å². The minimum Gasteiger partial charge on any atom is -0.507 e. The predicted molar refractivity (Wildman–Crippen MR) is 126 cm³/mol. The lowest BCUT2D eigenvalue weighted by atomic mass is 9.93. The molecule has 0 saturated heterocycles. The molecule has 0 aliphatic rings. The molecule has 0 fully saturated rings. The van der Waals surface area contributed by atoms with E-state index in [-0.39, 0.29) is 17.2 Å². The molecular formula is C27H32O5. The zero-order chi connectivity index (χ0) is 23.4. The highest BCUT2D eigenvalue weighted by molar-refractivity contribution is 5.50. The largest absolute Gasteiger partial charge is 0.507 e. The molecule has 0 amide bonds. The summed E-state index contributed by atoms with van der Waals surface area (Å²) in [6.07, 6.45) is 1.22. The van der Waals surface area contributed by atoms with Gasteiger partial charge in [0.2, 0.25) is 0 Å². The smallest absolute Gasteiger partial charge is 0.124 e. The number of aromatic hydroxyl groups is 3. The first-order chi connectivity index (χ1) is 15.2. The Balaban J connectivity index is 1.94. The van der Waals surface area contributed by atoms with Gasteiger partial charge in [0, 0.05) is 31.8 Å². The Labute approximate surface area is 189 Å². The van der Waals surface area contributed by atoms with Crippen molar-refractivity contribution in [3.63, 3.8) is 0 Å². The minimum absolute atomic E-state index is 0.249. The zero-order valence-electron chi connectivity index (χ0n) is 19.5. The molecule has 0 unspecified atom stereocenters. The van der Waals surface area contributed by atoms with Crippen molar-refractivity contribution in [1.82, 2.24) is 0 Å². The molecule has 5 nitrogen and oxygen atoms in total. The van der Waals surface area contributed by atoms with Crippen molar-refractivity contribution in [2.45, 2.75) is 46.8 Å². The number of phenols is 3. The summed E-state index contributed by atoms with van der Waals surface area (Å²) in [5, 5.41) is 31.3. The summed E-state index contributed by atoms with van der Waals surface area (Å²) in [6.45, 7) is 6.33. The van der Waals surface area contributed by atoms with E-state index in [1.807, 2.05) is 57.2 Å². The molecule has 3 aromatic rings. The van der Waals surface area contributed by atoms with E-state index in [0.29, 0.717) is 26.1 Å². The van der Waals surface area contributed by atoms with Crippen molar-refractivity contribution in [3.05, 3.63) is 86.5 Å². The molecule has 0 atom stereocenters. The summed E-state index contributed by atoms with van der Waals surface area (Å²) in [6, 6.07) is 11.8. The third-order valence-corrected chi connectivity index (χ3v) is 5.72. The fourth-order valence-electron chi connectivity index (χ4n) is 4.23. The molecule has 170 valence electrons. The second kappa shape index (κ2) is 10.1. The van der Waals surface area contributed by atoms with E-state index < -0.39 is 0 Å². The Morgan fingerprint density at radius 1 is 0.531 bits per heavy atom. The lowest BCUT2D eigenvalue weighted by Crippen LogP contribution is -1.99. The second-order valence-corrected chi connectivity index (χ2v) is 8.48. The SMILES string of the molecule is COCc1cc(Cc2cc(C)c(O)c(Cc3cc(C)c(O)c(COC)c3)c2)cc(C)c1O. The van der Waals surface area contributed by atoms with Gasteiger partial charge in [-0.15, -0.1) is 0 Å². The third kappa shape index (κ3) is 5.23. The molecule has 0 aliphatic carbocycles. The molecular weight excluding hydrogens is 404 g/mol. The van der Waals surface area contributed by atoms with Crippen LogP contribution in [0.2, 0.25) is 0 Å². The molecule has 0 bridgehead atoms. The van der Waals surface area contributed by atoms with E-state index in [4.69, 9.17) is 9.47 Å². The van der Waals surface area contributed by atoms with E-state index in [1.165, 1.54) is 0 Å². The molecule has 3 rings (SSSR count). The summed E-state index contributed by atoms with van der Waals surface area (Å²) in [4.78, 5) is 0. The Kier molecular flexibility index (Phi) is 7.44. The van der Waals surface area contributed by atoms with Gasteiger partial charge in [0.15, 0.2) is 0 Å². The molecule has 3 N–H and O–H groups in total. The van der Waals surface area contributed by atoms with Gasteiger partial charge in [-0.2, -0.15) is 0 Å². The summed E-state index contributed by atoms with van der Waals surface area (Å²) < 4.78 is 10.4. The van der Waals surface area contributed by atoms with Crippen LogP contribution in [0.25, 0.3) is 0 Å². The van der Waals surface area contributed by atoms with Crippen molar-refractivity contribution < 1.29 is 24.8 Å². The number of ether oxygens (including phenoxy) is 2. The first-order valence-corrected chi connectivity index (χ1v) is 10.7. The Morgan fingerprint density at radius 2 is 0.875 bits per heavy atom. The van der Waals surface area contributed by atoms with Gasteiger partial charge in [0.1, 0.15) is 17.2 Å². The number of hydrogen-bond acceptors (Lipinski definition) is 5. The van der Waals surface area contributed by atoms with Crippen LogP contribution in [0.15, 0.2) is 36.4 Å². The number of phenolic OH excluding ortho intramolecular Hbond substituents is 3. The maximum Gasteiger partial charge on any atom is 0.124 e. The van der Waals surface area contributed by atoms with E-state index in [9.17, 15) is 15.3 Å². The second-order valence-electron chi connectivity index (χ2n) is 8.48. The number of hydrogen-bond donors (Lipinski definition) is 3. The molecule has 3 aromatic carbocycles. The van der Waals surface area contributed by atoms with Crippen LogP contribution in [0.1, 0.15) is 50.1 Å². The van der Waals surface area contributed by atoms with Crippen LogP contribution in [-0.2, 0) is 35.5 Å². The van der Waals surface area contributed by atoms with Gasteiger partial charge in [-0.3, -0.25) is 0 Å². The lowest BCUT2D eigenvalue weighted by Gasteiger charge is -2.15. The average molecular weight is 437 g/mol. The number of benzene rings is 3. The number of aryl methyl sites for hydroxylation is 3. The van der Waals surface area contributed by atoms with Crippen LogP contribution in [-0.4, -0.2) is 29.5 Å². The Hall–Kier alpha value is -3.02. The summed E-state index contributed by atoms with van der Waals surface area (Å²) in [7, 11) is 3.21. The maximum atomic E-state index is 10.7. The Morgan fingerprint density at radius 3 is 1.28 bits per heavy atom. The highest BCUT2D eigenvalue weighted by atomic mass is 16.5. The minimum atomic E-state index is 0.249. The van der Waals surface area contributed by atoms with E-state index in [1.54, 1.807) is 14.2 Å². The fourth-order valence-corrected chi connectivity index (χ4v) is 4.23. The predicted octanol–water partition coefficient (Wildman–Crippen LogP) is 5.20. The third-order valence-electron chi connectivity index (χ3n) is 5.72. The van der Waals surface area contributed by atoms with Gasteiger partial charge >= 0.3 is 0 Å². The number of methoxy groups -OCH3 is 2. The molecule has 0 radical (unpaired) electrons. The molecule has 5 heteroatoms. The maximum absolute atomic E-state index is 10.7. The molecule has 0 spiro atoms. The number of rotatable bonds is 8. The topological polar surface area (TPSA) is 79.2 Å². The highest BCUT2D eigenvalue weighted by Crippen LogP contribution is 2.31. The first-order valence-electron chi connectivity index (χ1n) is 10.7. The molecule has 0 saturated carbocycles. The van der Waals surface area contributed by atoms with Gasteiger partial charge in [0.05, 0.1) is 13.2 Å². The van der Waals surface area contributed by atoms with E-state index in [2.05, 4.69) is 0 Å². The van der Waals surface area contributed by atoms with Gasteiger partial charge in [-0.1, -0.05) is 24.3 Å². The van der Waals surface area contributed by atoms with Gasteiger partial charge in [-0.25, -0.2) is 0 Å². The summed E-state index contributed by atoms with van der Waals surface area (Å²) in [5.41, 5.74) is 7.91. The standard InChI is InChI=1S/C27H32O5/c1-16-6-19(9-20-7-17(2)26(29)23(12-20)14-31-4)10-22(25(16)28)11-21-8-18(3)27(30)24(13-21)15-32-5/h6-8,10,12-13,28-30H,9,11,14-15H2,1-5H3. The lowest BCUT2D eigenvalue weighted by molar-refractivity contribution is 0.182. The molecule has 0 aliphatic heterocycles. The van der Waals surface area contributed by atoms with Crippen molar-refractivity contribution in [1.29, 1.82) is 0 Å². The van der Waals surface area contributed by atoms with Crippen LogP contribution >= 0.6 is 0 Å². The summed E-state index contributed by atoms with van der Waals surface area (Å²) >= 11 is 0. The van der Waals surface area contributed by atoms with Gasteiger partial charge < -0.3 is 24.8 Å². The molecule has 0 aromatic heterocycles. The highest BCUT2D eigenvalue weighted by Gasteiger charge is 2.13. The Bertz CT molecular complexity index is 1120. The van der Waals surface area contributed by atoms with Gasteiger partial charge in [-0.05, 0) is 78.3 Å². The quantitative estimate of drug-likeness (QED) is 0.452. The van der Waals surface area contributed by atoms with Crippen molar-refractivity contribution in [3.8, 4) is 17.2 Å². The van der Waals surface area contributed by atoms with Crippen LogP contribution < -0.4 is 0 Å². The fraction of sp³-hybridized carbons (Fsp3) is 0.333. The first kappa shape index (κ1) is 23.6. The molecule has 32 heavy (non-hydrogen) atoms. The average Bonchev–Trinajstić information content (AvgIpc) is 2.73. The van der Waals surface area contributed by atoms with Crippen LogP contribution in [0.5, 0.6) is 17.2 Å². The van der Waals surface area contributed by atoms with E-state index >= 15 is 0 Å². The molecule has 0 heterocycles.